The summed E-state index contributed by atoms with van der Waals surface area (Å²) < 4.78 is 16.9. The second-order valence-corrected chi connectivity index (χ2v) is 4.19. The topological polar surface area (TPSA) is 53.7 Å². The third-order valence-electron chi connectivity index (χ3n) is 2.86. The summed E-state index contributed by atoms with van der Waals surface area (Å²) in [7, 11) is -0.389. The van der Waals surface area contributed by atoms with E-state index in [-0.39, 0.29) is 25.6 Å². The summed E-state index contributed by atoms with van der Waals surface area (Å²) in [5, 5.41) is 0.658. The zero-order chi connectivity index (χ0) is 11.1. The fourth-order valence-electron chi connectivity index (χ4n) is 2.17. The number of rotatable bonds is 1. The Morgan fingerprint density at radius 2 is 2.24 bits per heavy atom. The molecule has 1 atom stereocenters. The van der Waals surface area contributed by atoms with Crippen LogP contribution in [0.5, 0.6) is 5.75 Å². The van der Waals surface area contributed by atoms with Crippen molar-refractivity contribution in [3.63, 3.8) is 0 Å². The van der Waals surface area contributed by atoms with Gasteiger partial charge in [0.2, 0.25) is 0 Å². The first-order valence-electron chi connectivity index (χ1n) is 5.23. The quantitative estimate of drug-likeness (QED) is 0.774. The molecule has 92 valence electrons. The number of ether oxygens (including phenoxy) is 1. The van der Waals surface area contributed by atoms with E-state index in [1.807, 2.05) is 12.1 Å². The Bertz CT molecular complexity index is 432. The van der Waals surface area contributed by atoms with Crippen molar-refractivity contribution in [1.29, 1.82) is 0 Å². The summed E-state index contributed by atoms with van der Waals surface area (Å²) in [6.07, 6.45) is -0.200. The number of nitrogens with two attached hydrogens (primary N) is 1. The number of hydrogen-bond acceptors (Lipinski definition) is 4. The van der Waals surface area contributed by atoms with Gasteiger partial charge < -0.3 is 19.8 Å². The minimum Gasteiger partial charge on any atom is -0.492 e. The largest absolute Gasteiger partial charge is 0.498 e. The normalized spacial score (nSPS) is 21.3. The third kappa shape index (κ3) is 2.02. The lowest BCUT2D eigenvalue weighted by Crippen LogP contribution is -2.31. The van der Waals surface area contributed by atoms with Gasteiger partial charge in [0.05, 0.1) is 12.7 Å². The van der Waals surface area contributed by atoms with E-state index in [1.54, 1.807) is 0 Å². The number of hydrogen-bond donors (Lipinski definition) is 1. The molecule has 2 N–H and O–H groups in total. The molecule has 2 aliphatic rings. The highest BCUT2D eigenvalue weighted by atomic mass is 35.5. The van der Waals surface area contributed by atoms with Crippen molar-refractivity contribution >= 4 is 36.6 Å². The van der Waals surface area contributed by atoms with Gasteiger partial charge in [-0.15, -0.1) is 12.4 Å². The first-order valence-corrected chi connectivity index (χ1v) is 5.61. The molecule has 1 aromatic carbocycles. The Balaban J connectivity index is 0.00000108. The minimum atomic E-state index is -0.389. The minimum absolute atomic E-state index is 0. The van der Waals surface area contributed by atoms with Gasteiger partial charge in [-0.3, -0.25) is 0 Å². The molecular weight excluding hydrogens is 264 g/mol. The summed E-state index contributed by atoms with van der Waals surface area (Å²) in [6.45, 7) is 1.42. The zero-order valence-corrected chi connectivity index (χ0v) is 10.6. The van der Waals surface area contributed by atoms with Crippen LogP contribution in [0.3, 0.4) is 0 Å². The summed E-state index contributed by atoms with van der Waals surface area (Å²) in [5.74, 6) is 0.790. The summed E-state index contributed by atoms with van der Waals surface area (Å²) in [4.78, 5) is 0. The first-order chi connectivity index (χ1) is 7.81. The lowest BCUT2D eigenvalue weighted by molar-refractivity contribution is 0.148. The lowest BCUT2D eigenvalue weighted by atomic mass is 9.78. The van der Waals surface area contributed by atoms with E-state index in [9.17, 15) is 0 Å². The van der Waals surface area contributed by atoms with Crippen molar-refractivity contribution in [3.8, 4) is 5.75 Å². The van der Waals surface area contributed by atoms with Crippen LogP contribution in [-0.2, 0) is 9.31 Å². The maximum atomic E-state index is 6.17. The summed E-state index contributed by atoms with van der Waals surface area (Å²) in [5.41, 5.74) is 7.48. The van der Waals surface area contributed by atoms with Gasteiger partial charge in [0.25, 0.3) is 0 Å². The van der Waals surface area contributed by atoms with E-state index in [1.165, 1.54) is 0 Å². The lowest BCUT2D eigenvalue weighted by Gasteiger charge is -2.13. The van der Waals surface area contributed by atoms with E-state index < -0.39 is 0 Å². The van der Waals surface area contributed by atoms with Crippen LogP contribution < -0.4 is 15.9 Å². The smallest absolute Gasteiger partial charge is 0.492 e. The molecule has 3 rings (SSSR count). The highest BCUT2D eigenvalue weighted by Crippen LogP contribution is 2.34. The predicted molar refractivity (Wildman–Crippen MR) is 68.4 cm³/mol. The van der Waals surface area contributed by atoms with Crippen LogP contribution in [0.25, 0.3) is 0 Å². The Morgan fingerprint density at radius 3 is 3.00 bits per heavy atom. The third-order valence-corrected chi connectivity index (χ3v) is 3.19. The van der Waals surface area contributed by atoms with Gasteiger partial charge in [0.15, 0.2) is 0 Å². The molecule has 2 aliphatic heterocycles. The standard InChI is InChI=1S/C10H11BClNO3.ClH/c12-6-1-2-7-10-9(6)8(5-13)16-11(10)15-4-3-14-7;/h1-2,8H,3-5,13H2;1H/t8-;/m0./s1. The second-order valence-electron chi connectivity index (χ2n) is 3.78. The maximum Gasteiger partial charge on any atom is 0.498 e. The number of benzene rings is 1. The zero-order valence-electron chi connectivity index (χ0n) is 9.02. The van der Waals surface area contributed by atoms with Crippen LogP contribution in [0.15, 0.2) is 12.1 Å². The van der Waals surface area contributed by atoms with Crippen molar-refractivity contribution < 1.29 is 14.0 Å². The van der Waals surface area contributed by atoms with Crippen LogP contribution in [0.4, 0.5) is 0 Å². The molecule has 0 aromatic heterocycles. The predicted octanol–water partition coefficient (Wildman–Crippen LogP) is 0.896. The molecule has 0 spiro atoms. The van der Waals surface area contributed by atoms with Crippen LogP contribution in [0.2, 0.25) is 5.02 Å². The fraction of sp³-hybridized carbons (Fsp3) is 0.400. The molecule has 4 nitrogen and oxygen atoms in total. The molecule has 0 saturated heterocycles. The Morgan fingerprint density at radius 1 is 1.41 bits per heavy atom. The molecule has 1 aromatic rings. The van der Waals surface area contributed by atoms with E-state index in [0.29, 0.717) is 24.8 Å². The molecule has 7 heteroatoms. The van der Waals surface area contributed by atoms with Gasteiger partial charge in [-0.1, -0.05) is 11.6 Å². The summed E-state index contributed by atoms with van der Waals surface area (Å²) >= 11 is 6.17. The molecule has 17 heavy (non-hydrogen) atoms. The molecule has 0 saturated carbocycles. The molecule has 0 aliphatic carbocycles. The van der Waals surface area contributed by atoms with Crippen LogP contribution in [0.1, 0.15) is 11.7 Å². The van der Waals surface area contributed by atoms with E-state index >= 15 is 0 Å². The van der Waals surface area contributed by atoms with Gasteiger partial charge in [-0.05, 0) is 12.1 Å². The number of halogens is 2. The molecular formula is C10H12BCl2NO3. The van der Waals surface area contributed by atoms with Gasteiger partial charge >= 0.3 is 7.12 Å². The van der Waals surface area contributed by atoms with Crippen molar-refractivity contribution in [2.75, 3.05) is 19.8 Å². The Labute approximate surface area is 111 Å². The van der Waals surface area contributed by atoms with E-state index in [2.05, 4.69) is 0 Å². The van der Waals surface area contributed by atoms with Crippen molar-refractivity contribution in [2.45, 2.75) is 6.10 Å². The van der Waals surface area contributed by atoms with Gasteiger partial charge in [-0.25, -0.2) is 0 Å². The highest BCUT2D eigenvalue weighted by molar-refractivity contribution is 6.64. The van der Waals surface area contributed by atoms with Crippen molar-refractivity contribution in [3.05, 3.63) is 22.7 Å². The fourth-order valence-corrected chi connectivity index (χ4v) is 2.46. The van der Waals surface area contributed by atoms with Gasteiger partial charge in [0.1, 0.15) is 12.4 Å². The van der Waals surface area contributed by atoms with E-state index in [4.69, 9.17) is 31.4 Å². The van der Waals surface area contributed by atoms with Crippen molar-refractivity contribution in [2.24, 2.45) is 5.73 Å². The molecule has 0 bridgehead atoms. The summed E-state index contributed by atoms with van der Waals surface area (Å²) in [6, 6.07) is 3.67. The van der Waals surface area contributed by atoms with E-state index in [0.717, 1.165) is 16.8 Å². The highest BCUT2D eigenvalue weighted by Gasteiger charge is 2.42. The average Bonchev–Trinajstić information content (AvgIpc) is 2.55. The van der Waals surface area contributed by atoms with Gasteiger partial charge in [-0.2, -0.15) is 0 Å². The van der Waals surface area contributed by atoms with Gasteiger partial charge in [0, 0.05) is 22.6 Å². The molecule has 0 unspecified atom stereocenters. The molecule has 0 fully saturated rings. The second kappa shape index (κ2) is 5.04. The first kappa shape index (κ1) is 13.0. The van der Waals surface area contributed by atoms with Crippen LogP contribution >= 0.6 is 24.0 Å². The Hall–Kier alpha value is -0.455. The molecule has 0 radical (unpaired) electrons. The SMILES string of the molecule is Cl.NC[C@@H]1OB2OCCOc3ccc(Cl)c1c32. The van der Waals surface area contributed by atoms with Crippen LogP contribution in [0, 0.1) is 0 Å². The molecule has 2 heterocycles. The maximum absolute atomic E-state index is 6.17. The van der Waals surface area contributed by atoms with Crippen molar-refractivity contribution in [1.82, 2.24) is 0 Å². The van der Waals surface area contributed by atoms with Crippen LogP contribution in [-0.4, -0.2) is 26.9 Å². The Kier molecular flexibility index (Phi) is 3.85. The average molecular weight is 276 g/mol. The molecule has 0 amide bonds. The monoisotopic (exact) mass is 275 g/mol.